The van der Waals surface area contributed by atoms with Gasteiger partial charge in [0.25, 0.3) is 0 Å². The summed E-state index contributed by atoms with van der Waals surface area (Å²) < 4.78 is 13.1. The highest BCUT2D eigenvalue weighted by atomic mass is 32.1. The molecule has 2 aromatic heterocycles. The fraction of sp³-hybridized carbons (Fsp3) is 0.190. The largest absolute Gasteiger partial charge is 0.497 e. The van der Waals surface area contributed by atoms with E-state index in [1.807, 2.05) is 37.4 Å². The molecule has 0 amide bonds. The summed E-state index contributed by atoms with van der Waals surface area (Å²) in [6, 6.07) is 14.2. The number of thiazole rings is 1. The third kappa shape index (κ3) is 3.36. The standard InChI is InChI=1S/C21H21N3O2S/c1-24-12-16(20-18(24)9-15(25-2)10-19(20)26-3)17-13-27-21(23-17)22-11-14-7-5-4-6-8-14/h4-10,12-13H,11H2,1-3H3,(H,22,23). The van der Waals surface area contributed by atoms with E-state index in [2.05, 4.69) is 33.6 Å². The molecule has 0 atom stereocenters. The van der Waals surface area contributed by atoms with Gasteiger partial charge in [-0.2, -0.15) is 0 Å². The van der Waals surface area contributed by atoms with Crippen molar-refractivity contribution in [3.8, 4) is 22.8 Å². The fourth-order valence-electron chi connectivity index (χ4n) is 3.18. The van der Waals surface area contributed by atoms with E-state index in [1.165, 1.54) is 5.56 Å². The minimum absolute atomic E-state index is 0.754. The molecule has 0 saturated heterocycles. The molecule has 0 aliphatic rings. The number of hydrogen-bond acceptors (Lipinski definition) is 5. The first-order valence-electron chi connectivity index (χ1n) is 8.64. The molecule has 4 rings (SSSR count). The van der Waals surface area contributed by atoms with Crippen LogP contribution in [0.15, 0.2) is 54.0 Å². The van der Waals surface area contributed by atoms with Gasteiger partial charge in [0.2, 0.25) is 0 Å². The van der Waals surface area contributed by atoms with E-state index in [9.17, 15) is 0 Å². The van der Waals surface area contributed by atoms with E-state index in [0.29, 0.717) is 0 Å². The van der Waals surface area contributed by atoms with E-state index < -0.39 is 0 Å². The van der Waals surface area contributed by atoms with Gasteiger partial charge in [0.1, 0.15) is 11.5 Å². The average molecular weight is 379 g/mol. The number of anilines is 1. The minimum Gasteiger partial charge on any atom is -0.497 e. The lowest BCUT2D eigenvalue weighted by Crippen LogP contribution is -1.98. The molecule has 0 fully saturated rings. The number of nitrogens with zero attached hydrogens (tertiary/aromatic N) is 2. The van der Waals surface area contributed by atoms with Gasteiger partial charge in [-0.1, -0.05) is 30.3 Å². The molecule has 0 bridgehead atoms. The maximum atomic E-state index is 5.62. The van der Waals surface area contributed by atoms with Crippen LogP contribution in [0.1, 0.15) is 5.56 Å². The first-order chi connectivity index (χ1) is 13.2. The van der Waals surface area contributed by atoms with Gasteiger partial charge in [0.05, 0.1) is 30.8 Å². The first-order valence-corrected chi connectivity index (χ1v) is 9.52. The molecule has 2 heterocycles. The second-order valence-electron chi connectivity index (χ2n) is 6.25. The summed E-state index contributed by atoms with van der Waals surface area (Å²) in [5.41, 5.74) is 4.27. The zero-order valence-corrected chi connectivity index (χ0v) is 16.3. The fourth-order valence-corrected chi connectivity index (χ4v) is 3.89. The van der Waals surface area contributed by atoms with Crippen LogP contribution in [0.5, 0.6) is 11.5 Å². The number of benzene rings is 2. The van der Waals surface area contributed by atoms with Crippen molar-refractivity contribution in [2.45, 2.75) is 6.54 Å². The number of hydrogen-bond donors (Lipinski definition) is 1. The second-order valence-corrected chi connectivity index (χ2v) is 7.11. The van der Waals surface area contributed by atoms with Gasteiger partial charge in [-0.15, -0.1) is 11.3 Å². The van der Waals surface area contributed by atoms with Gasteiger partial charge in [-0.3, -0.25) is 0 Å². The molecule has 5 nitrogen and oxygen atoms in total. The summed E-state index contributed by atoms with van der Waals surface area (Å²) in [6.07, 6.45) is 2.09. The number of rotatable bonds is 6. The molecular weight excluding hydrogens is 358 g/mol. The Kier molecular flexibility index (Phi) is 4.73. The SMILES string of the molecule is COc1cc(OC)c2c(-c3csc(NCc4ccccc4)n3)cn(C)c2c1. The molecule has 27 heavy (non-hydrogen) atoms. The van der Waals surface area contributed by atoms with Crippen molar-refractivity contribution in [3.05, 3.63) is 59.6 Å². The molecule has 0 spiro atoms. The van der Waals surface area contributed by atoms with Crippen LogP contribution in [0.3, 0.4) is 0 Å². The molecule has 2 aromatic carbocycles. The summed E-state index contributed by atoms with van der Waals surface area (Å²) in [4.78, 5) is 4.78. The summed E-state index contributed by atoms with van der Waals surface area (Å²) in [7, 11) is 5.36. The predicted molar refractivity (Wildman–Crippen MR) is 111 cm³/mol. The number of methoxy groups -OCH3 is 2. The van der Waals surface area contributed by atoms with Crippen molar-refractivity contribution in [3.63, 3.8) is 0 Å². The van der Waals surface area contributed by atoms with Crippen LogP contribution in [0, 0.1) is 0 Å². The third-order valence-electron chi connectivity index (χ3n) is 4.55. The van der Waals surface area contributed by atoms with Crippen molar-refractivity contribution in [1.29, 1.82) is 0 Å². The molecule has 6 heteroatoms. The van der Waals surface area contributed by atoms with Crippen molar-refractivity contribution in [2.75, 3.05) is 19.5 Å². The Morgan fingerprint density at radius 2 is 1.93 bits per heavy atom. The quantitative estimate of drug-likeness (QED) is 0.516. The van der Waals surface area contributed by atoms with E-state index in [4.69, 9.17) is 14.5 Å². The molecular formula is C21H21N3O2S. The van der Waals surface area contributed by atoms with Gasteiger partial charge < -0.3 is 19.4 Å². The van der Waals surface area contributed by atoms with Gasteiger partial charge in [0, 0.05) is 42.9 Å². The molecule has 0 aliphatic heterocycles. The Morgan fingerprint density at radius 3 is 2.67 bits per heavy atom. The summed E-state index contributed by atoms with van der Waals surface area (Å²) in [5, 5.41) is 7.42. The Bertz CT molecular complexity index is 1070. The normalized spacial score (nSPS) is 10.9. The average Bonchev–Trinajstić information content (AvgIpc) is 3.31. The van der Waals surface area contributed by atoms with Crippen LogP contribution in [0.25, 0.3) is 22.2 Å². The number of fused-ring (bicyclic) bond motifs is 1. The van der Waals surface area contributed by atoms with Gasteiger partial charge in [-0.25, -0.2) is 4.98 Å². The zero-order valence-electron chi connectivity index (χ0n) is 15.5. The number of aromatic nitrogens is 2. The molecule has 138 valence electrons. The smallest absolute Gasteiger partial charge is 0.183 e. The molecule has 0 aliphatic carbocycles. The highest BCUT2D eigenvalue weighted by Crippen LogP contribution is 2.40. The summed E-state index contributed by atoms with van der Waals surface area (Å²) in [6.45, 7) is 0.754. The maximum Gasteiger partial charge on any atom is 0.183 e. The summed E-state index contributed by atoms with van der Waals surface area (Å²) >= 11 is 1.61. The van der Waals surface area contributed by atoms with Gasteiger partial charge in [-0.05, 0) is 5.56 Å². The lowest BCUT2D eigenvalue weighted by atomic mass is 10.1. The molecule has 0 radical (unpaired) electrons. The second kappa shape index (κ2) is 7.32. The van der Waals surface area contributed by atoms with E-state index in [-0.39, 0.29) is 0 Å². The Hall–Kier alpha value is -2.99. The van der Waals surface area contributed by atoms with Crippen LogP contribution >= 0.6 is 11.3 Å². The van der Waals surface area contributed by atoms with Gasteiger partial charge >= 0.3 is 0 Å². The maximum absolute atomic E-state index is 5.62. The molecule has 0 saturated carbocycles. The van der Waals surface area contributed by atoms with Crippen molar-refractivity contribution in [2.24, 2.45) is 7.05 Å². The Morgan fingerprint density at radius 1 is 1.11 bits per heavy atom. The van der Waals surface area contributed by atoms with Crippen LogP contribution in [0.4, 0.5) is 5.13 Å². The zero-order chi connectivity index (χ0) is 18.8. The Balaban J connectivity index is 1.68. The van der Waals surface area contributed by atoms with E-state index in [0.717, 1.165) is 45.3 Å². The highest BCUT2D eigenvalue weighted by molar-refractivity contribution is 7.14. The van der Waals surface area contributed by atoms with Crippen LogP contribution < -0.4 is 14.8 Å². The van der Waals surface area contributed by atoms with Crippen molar-refractivity contribution < 1.29 is 9.47 Å². The molecule has 4 aromatic rings. The molecule has 1 N–H and O–H groups in total. The predicted octanol–water partition coefficient (Wildman–Crippen LogP) is 4.93. The van der Waals surface area contributed by atoms with E-state index in [1.54, 1.807) is 25.6 Å². The Labute approximate surface area is 162 Å². The third-order valence-corrected chi connectivity index (χ3v) is 5.35. The topological polar surface area (TPSA) is 48.3 Å². The molecule has 0 unspecified atom stereocenters. The van der Waals surface area contributed by atoms with Crippen LogP contribution in [-0.2, 0) is 13.6 Å². The number of aryl methyl sites for hydroxylation is 1. The first kappa shape index (κ1) is 17.4. The van der Waals surface area contributed by atoms with Crippen LogP contribution in [-0.4, -0.2) is 23.8 Å². The lowest BCUT2D eigenvalue weighted by molar-refractivity contribution is 0.398. The van der Waals surface area contributed by atoms with Gasteiger partial charge in [0.15, 0.2) is 5.13 Å². The minimum atomic E-state index is 0.754. The lowest BCUT2D eigenvalue weighted by Gasteiger charge is -2.08. The number of nitrogens with one attached hydrogen (secondary N) is 1. The monoisotopic (exact) mass is 379 g/mol. The van der Waals surface area contributed by atoms with E-state index >= 15 is 0 Å². The highest BCUT2D eigenvalue weighted by Gasteiger charge is 2.17. The van der Waals surface area contributed by atoms with Crippen LogP contribution in [0.2, 0.25) is 0 Å². The van der Waals surface area contributed by atoms with Crippen molar-refractivity contribution >= 4 is 27.4 Å². The summed E-state index contributed by atoms with van der Waals surface area (Å²) in [5.74, 6) is 1.56. The number of ether oxygens (including phenoxy) is 2. The van der Waals surface area contributed by atoms with Crippen molar-refractivity contribution in [1.82, 2.24) is 9.55 Å².